The SMILES string of the molecule is O=C1Nc2ccc(C#CCc3ccc(F)cc3)cc2C(=O)C1=Cc1ccc(F)c(Cl)c1. The predicted octanol–water partition coefficient (Wildman–Crippen LogP) is 5.43. The molecule has 31 heavy (non-hydrogen) atoms. The Morgan fingerprint density at radius 3 is 2.48 bits per heavy atom. The second-order valence-electron chi connectivity index (χ2n) is 6.88. The lowest BCUT2D eigenvalue weighted by atomic mass is 9.93. The Morgan fingerprint density at radius 2 is 1.74 bits per heavy atom. The summed E-state index contributed by atoms with van der Waals surface area (Å²) in [5.74, 6) is 4.08. The van der Waals surface area contributed by atoms with E-state index >= 15 is 0 Å². The normalized spacial score (nSPS) is 14.0. The minimum Gasteiger partial charge on any atom is -0.321 e. The Kier molecular flexibility index (Phi) is 5.66. The first-order valence-corrected chi connectivity index (χ1v) is 9.69. The van der Waals surface area contributed by atoms with Crippen LogP contribution in [-0.2, 0) is 11.2 Å². The number of anilines is 1. The molecule has 0 saturated carbocycles. The van der Waals surface area contributed by atoms with E-state index in [4.69, 9.17) is 11.6 Å². The summed E-state index contributed by atoms with van der Waals surface area (Å²) in [5, 5.41) is 2.58. The number of carbonyl (C=O) groups excluding carboxylic acids is 2. The molecule has 152 valence electrons. The van der Waals surface area contributed by atoms with Crippen molar-refractivity contribution in [2.75, 3.05) is 5.32 Å². The van der Waals surface area contributed by atoms with Gasteiger partial charge >= 0.3 is 0 Å². The summed E-state index contributed by atoms with van der Waals surface area (Å²) in [5.41, 5.74) is 2.55. The summed E-state index contributed by atoms with van der Waals surface area (Å²) in [7, 11) is 0. The van der Waals surface area contributed by atoms with Crippen LogP contribution in [0.25, 0.3) is 6.08 Å². The highest BCUT2D eigenvalue weighted by Crippen LogP contribution is 2.28. The van der Waals surface area contributed by atoms with Gasteiger partial charge in [-0.1, -0.05) is 41.6 Å². The number of halogens is 3. The molecule has 4 rings (SSSR count). The van der Waals surface area contributed by atoms with E-state index in [1.165, 1.54) is 36.4 Å². The maximum atomic E-state index is 13.4. The quantitative estimate of drug-likeness (QED) is 0.333. The van der Waals surface area contributed by atoms with Crippen LogP contribution in [0.2, 0.25) is 5.02 Å². The average molecular weight is 434 g/mol. The van der Waals surface area contributed by atoms with Gasteiger partial charge in [0, 0.05) is 17.5 Å². The lowest BCUT2D eigenvalue weighted by molar-refractivity contribution is -0.112. The minimum absolute atomic E-state index is 0.0772. The Morgan fingerprint density at radius 1 is 0.968 bits per heavy atom. The fraction of sp³-hybridized carbons (Fsp3) is 0.0400. The molecule has 3 aromatic rings. The van der Waals surface area contributed by atoms with Crippen LogP contribution in [0.5, 0.6) is 0 Å². The number of nitrogens with one attached hydrogen (secondary N) is 1. The molecule has 0 spiro atoms. The summed E-state index contributed by atoms with van der Waals surface area (Å²) < 4.78 is 26.4. The van der Waals surface area contributed by atoms with E-state index in [1.807, 2.05) is 0 Å². The van der Waals surface area contributed by atoms with Crippen LogP contribution in [0.15, 0.2) is 66.2 Å². The molecular weight excluding hydrogens is 420 g/mol. The van der Waals surface area contributed by atoms with Gasteiger partial charge in [-0.2, -0.15) is 0 Å². The fourth-order valence-corrected chi connectivity index (χ4v) is 3.30. The third-order valence-electron chi connectivity index (χ3n) is 4.69. The smallest absolute Gasteiger partial charge is 0.259 e. The zero-order valence-electron chi connectivity index (χ0n) is 16.0. The molecule has 0 aliphatic carbocycles. The summed E-state index contributed by atoms with van der Waals surface area (Å²) >= 11 is 5.78. The number of hydrogen-bond donors (Lipinski definition) is 1. The molecule has 0 fully saturated rings. The first kappa shape index (κ1) is 20.5. The molecule has 3 nitrogen and oxygen atoms in total. The number of rotatable bonds is 2. The molecule has 1 heterocycles. The van der Waals surface area contributed by atoms with E-state index in [1.54, 1.807) is 30.3 Å². The maximum absolute atomic E-state index is 13.4. The number of ketones is 1. The Labute approximate surface area is 182 Å². The number of amides is 1. The van der Waals surface area contributed by atoms with Crippen LogP contribution in [0.4, 0.5) is 14.5 Å². The Bertz CT molecular complexity index is 1300. The molecule has 1 N–H and O–H groups in total. The van der Waals surface area contributed by atoms with E-state index in [0.29, 0.717) is 28.8 Å². The highest BCUT2D eigenvalue weighted by molar-refractivity contribution is 6.36. The van der Waals surface area contributed by atoms with Crippen LogP contribution >= 0.6 is 11.6 Å². The highest BCUT2D eigenvalue weighted by Gasteiger charge is 2.28. The number of carbonyl (C=O) groups is 2. The molecule has 6 heteroatoms. The Balaban J connectivity index is 1.60. The third kappa shape index (κ3) is 4.55. The van der Waals surface area contributed by atoms with Crippen molar-refractivity contribution in [2.45, 2.75) is 6.42 Å². The van der Waals surface area contributed by atoms with Crippen LogP contribution in [0.3, 0.4) is 0 Å². The van der Waals surface area contributed by atoms with Crippen molar-refractivity contribution in [3.05, 3.63) is 105 Å². The predicted molar refractivity (Wildman–Crippen MR) is 116 cm³/mol. The van der Waals surface area contributed by atoms with Gasteiger partial charge in [0.15, 0.2) is 0 Å². The summed E-state index contributed by atoms with van der Waals surface area (Å²) in [6, 6.07) is 15.0. The monoisotopic (exact) mass is 433 g/mol. The van der Waals surface area contributed by atoms with Gasteiger partial charge in [-0.25, -0.2) is 8.78 Å². The largest absolute Gasteiger partial charge is 0.321 e. The molecule has 0 unspecified atom stereocenters. The fourth-order valence-electron chi connectivity index (χ4n) is 3.11. The molecule has 3 aromatic carbocycles. The molecule has 0 saturated heterocycles. The zero-order chi connectivity index (χ0) is 22.0. The maximum Gasteiger partial charge on any atom is 0.259 e. The van der Waals surface area contributed by atoms with Crippen molar-refractivity contribution in [1.29, 1.82) is 0 Å². The van der Waals surface area contributed by atoms with Crippen LogP contribution < -0.4 is 5.32 Å². The Hall–Kier alpha value is -3.75. The standard InChI is InChI=1S/C25H14ClF2NO2/c26-21-14-17(6-10-22(21)28)13-20-24(30)19-12-16(7-11-23(19)29-25(20)31)3-1-2-15-4-8-18(27)9-5-15/h4-14H,2H2,(H,29,31). The molecular formula is C25H14ClF2NO2. The van der Waals surface area contributed by atoms with Crippen molar-refractivity contribution >= 4 is 35.1 Å². The first-order valence-electron chi connectivity index (χ1n) is 9.31. The van der Waals surface area contributed by atoms with E-state index in [0.717, 1.165) is 5.56 Å². The van der Waals surface area contributed by atoms with Gasteiger partial charge in [0.05, 0.1) is 16.3 Å². The molecule has 0 radical (unpaired) electrons. The van der Waals surface area contributed by atoms with Crippen molar-refractivity contribution in [1.82, 2.24) is 0 Å². The van der Waals surface area contributed by atoms with Crippen LogP contribution in [0, 0.1) is 23.5 Å². The summed E-state index contributed by atoms with van der Waals surface area (Å²) in [6.45, 7) is 0. The molecule has 1 amide bonds. The van der Waals surface area contributed by atoms with Gasteiger partial charge in [0.2, 0.25) is 5.78 Å². The van der Waals surface area contributed by atoms with E-state index in [-0.39, 0.29) is 16.4 Å². The minimum atomic E-state index is -0.586. The second-order valence-corrected chi connectivity index (χ2v) is 7.29. The van der Waals surface area contributed by atoms with Gasteiger partial charge < -0.3 is 5.32 Å². The van der Waals surface area contributed by atoms with Crippen molar-refractivity contribution in [3.8, 4) is 11.8 Å². The molecule has 1 aliphatic rings. The zero-order valence-corrected chi connectivity index (χ0v) is 16.8. The van der Waals surface area contributed by atoms with Crippen molar-refractivity contribution < 1.29 is 18.4 Å². The van der Waals surface area contributed by atoms with Crippen molar-refractivity contribution in [2.24, 2.45) is 0 Å². The first-order chi connectivity index (χ1) is 14.9. The lowest BCUT2D eigenvalue weighted by Crippen LogP contribution is -2.27. The third-order valence-corrected chi connectivity index (χ3v) is 4.98. The van der Waals surface area contributed by atoms with Gasteiger partial charge in [-0.3, -0.25) is 9.59 Å². The lowest BCUT2D eigenvalue weighted by Gasteiger charge is -2.18. The van der Waals surface area contributed by atoms with Gasteiger partial charge in [0.25, 0.3) is 5.91 Å². The van der Waals surface area contributed by atoms with Gasteiger partial charge in [0.1, 0.15) is 11.6 Å². The second kappa shape index (κ2) is 8.55. The molecule has 0 aromatic heterocycles. The van der Waals surface area contributed by atoms with Crippen LogP contribution in [-0.4, -0.2) is 11.7 Å². The van der Waals surface area contributed by atoms with Crippen LogP contribution in [0.1, 0.15) is 27.0 Å². The topological polar surface area (TPSA) is 46.2 Å². The molecule has 0 atom stereocenters. The van der Waals surface area contributed by atoms with E-state index in [9.17, 15) is 18.4 Å². The number of hydrogen-bond acceptors (Lipinski definition) is 2. The van der Waals surface area contributed by atoms with E-state index in [2.05, 4.69) is 17.2 Å². The summed E-state index contributed by atoms with van der Waals surface area (Å²) in [4.78, 5) is 25.3. The molecule has 1 aliphatic heterocycles. The van der Waals surface area contributed by atoms with E-state index < -0.39 is 17.5 Å². The van der Waals surface area contributed by atoms with Crippen molar-refractivity contribution in [3.63, 3.8) is 0 Å². The van der Waals surface area contributed by atoms with Gasteiger partial charge in [-0.05, 0) is 59.7 Å². The average Bonchev–Trinajstić information content (AvgIpc) is 2.75. The number of Topliss-reactive ketones (excluding diaryl/α,β-unsaturated/α-hetero) is 1. The summed E-state index contributed by atoms with van der Waals surface area (Å²) in [6.07, 6.45) is 1.80. The van der Waals surface area contributed by atoms with Gasteiger partial charge in [-0.15, -0.1) is 0 Å². The highest BCUT2D eigenvalue weighted by atomic mass is 35.5. The number of fused-ring (bicyclic) bond motifs is 1. The number of benzene rings is 3. The molecule has 0 bridgehead atoms.